The van der Waals surface area contributed by atoms with E-state index >= 15 is 0 Å². The predicted molar refractivity (Wildman–Crippen MR) is 70.1 cm³/mol. The van der Waals surface area contributed by atoms with Crippen LogP contribution in [0.2, 0.25) is 5.02 Å². The average molecular weight is 321 g/mol. The highest BCUT2D eigenvalue weighted by Gasteiger charge is 2.32. The van der Waals surface area contributed by atoms with Crippen LogP contribution in [-0.4, -0.2) is 39.2 Å². The van der Waals surface area contributed by atoms with Gasteiger partial charge < -0.3 is 4.90 Å². The van der Waals surface area contributed by atoms with Gasteiger partial charge in [0.25, 0.3) is 0 Å². The molecule has 0 bridgehead atoms. The molecule has 2 aromatic heterocycles. The molecule has 2 rings (SSSR count). The molecule has 1 atom stereocenters. The summed E-state index contributed by atoms with van der Waals surface area (Å²) in [7, 11) is 1.68. The van der Waals surface area contributed by atoms with Crippen LogP contribution in [0.5, 0.6) is 0 Å². The zero-order valence-electron chi connectivity index (χ0n) is 11.2. The minimum atomic E-state index is -4.47. The van der Waals surface area contributed by atoms with Gasteiger partial charge in [0.15, 0.2) is 5.82 Å². The van der Waals surface area contributed by atoms with Gasteiger partial charge in [-0.3, -0.25) is 0 Å². The maximum absolute atomic E-state index is 12.6. The van der Waals surface area contributed by atoms with Gasteiger partial charge in [-0.15, -0.1) is 10.2 Å². The van der Waals surface area contributed by atoms with Gasteiger partial charge in [0.1, 0.15) is 5.82 Å². The maximum Gasteiger partial charge on any atom is 0.417 e. The van der Waals surface area contributed by atoms with Gasteiger partial charge in [0.2, 0.25) is 0 Å². The highest BCUT2D eigenvalue weighted by atomic mass is 35.5. The Hall–Kier alpha value is -1.90. The first kappa shape index (κ1) is 15.5. The van der Waals surface area contributed by atoms with Crippen LogP contribution < -0.4 is 4.90 Å². The molecule has 0 fully saturated rings. The zero-order valence-corrected chi connectivity index (χ0v) is 11.9. The molecular formula is C11H12ClF3N6. The van der Waals surface area contributed by atoms with Crippen molar-refractivity contribution >= 4 is 17.4 Å². The zero-order chi connectivity index (χ0) is 15.6. The molecule has 0 radical (unpaired) electrons. The van der Waals surface area contributed by atoms with Crippen molar-refractivity contribution in [1.82, 2.24) is 25.6 Å². The summed E-state index contributed by atoms with van der Waals surface area (Å²) >= 11 is 5.88. The summed E-state index contributed by atoms with van der Waals surface area (Å²) in [6, 6.07) is 0.861. The number of likely N-dealkylation sites (N-methyl/N-ethyl adjacent to an activating group) is 1. The Morgan fingerprint density at radius 3 is 2.67 bits per heavy atom. The monoisotopic (exact) mass is 320 g/mol. The number of nitrogens with zero attached hydrogens (tertiary/aromatic N) is 5. The van der Waals surface area contributed by atoms with Crippen LogP contribution in [0.25, 0.3) is 0 Å². The number of aromatic nitrogens is 5. The fourth-order valence-corrected chi connectivity index (χ4v) is 2.13. The molecule has 21 heavy (non-hydrogen) atoms. The Labute approximate surface area is 123 Å². The summed E-state index contributed by atoms with van der Waals surface area (Å²) in [5, 5.41) is 13.5. The molecule has 1 N–H and O–H groups in total. The smallest absolute Gasteiger partial charge is 0.358 e. The van der Waals surface area contributed by atoms with Crippen LogP contribution in [0.3, 0.4) is 0 Å². The molecule has 0 aliphatic heterocycles. The van der Waals surface area contributed by atoms with Crippen LogP contribution in [0.4, 0.5) is 19.0 Å². The lowest BCUT2D eigenvalue weighted by molar-refractivity contribution is -0.137. The minimum Gasteiger partial charge on any atom is -0.358 e. The number of tetrazole rings is 1. The molecule has 0 aliphatic carbocycles. The second-order valence-electron chi connectivity index (χ2n) is 4.58. The number of aromatic amines is 1. The van der Waals surface area contributed by atoms with Crippen LogP contribution in [0.1, 0.15) is 24.2 Å². The fourth-order valence-electron chi connectivity index (χ4n) is 1.82. The third-order valence-electron chi connectivity index (χ3n) is 2.86. The molecule has 0 spiro atoms. The van der Waals surface area contributed by atoms with Gasteiger partial charge in [0.05, 0.1) is 10.6 Å². The number of halogens is 4. The van der Waals surface area contributed by atoms with Gasteiger partial charge in [-0.25, -0.2) is 4.98 Å². The molecule has 0 unspecified atom stereocenters. The highest BCUT2D eigenvalue weighted by molar-refractivity contribution is 6.33. The normalized spacial score (nSPS) is 13.2. The quantitative estimate of drug-likeness (QED) is 0.937. The van der Waals surface area contributed by atoms with E-state index < -0.39 is 11.7 Å². The molecule has 0 saturated carbocycles. The average Bonchev–Trinajstić information content (AvgIpc) is 2.91. The number of rotatable bonds is 4. The molecule has 2 heterocycles. The molecule has 2 aromatic rings. The molecule has 10 heteroatoms. The summed E-state index contributed by atoms with van der Waals surface area (Å²) in [6.07, 6.45) is -3.71. The standard InChI is InChI=1S/C11H12ClF3N6/c1-6(9-17-19-20-18-9)5-21(2)10-8(12)3-7(4-16-10)11(13,14)15/h3-4,6H,5H2,1-2H3,(H,17,18,19,20)/t6-/m0/s1. The Morgan fingerprint density at radius 2 is 2.14 bits per heavy atom. The van der Waals surface area contributed by atoms with Gasteiger partial charge in [-0.05, 0) is 6.07 Å². The van der Waals surface area contributed by atoms with Crippen LogP contribution >= 0.6 is 11.6 Å². The maximum atomic E-state index is 12.6. The van der Waals surface area contributed by atoms with Crippen molar-refractivity contribution < 1.29 is 13.2 Å². The first-order valence-electron chi connectivity index (χ1n) is 5.96. The van der Waals surface area contributed by atoms with Crippen molar-refractivity contribution in [2.24, 2.45) is 0 Å². The molecule has 6 nitrogen and oxygen atoms in total. The van der Waals surface area contributed by atoms with Crippen molar-refractivity contribution in [3.05, 3.63) is 28.7 Å². The lowest BCUT2D eigenvalue weighted by Crippen LogP contribution is -2.25. The van der Waals surface area contributed by atoms with Crippen LogP contribution in [-0.2, 0) is 6.18 Å². The molecule has 0 amide bonds. The van der Waals surface area contributed by atoms with E-state index in [1.807, 2.05) is 6.92 Å². The first-order chi connectivity index (χ1) is 9.79. The number of anilines is 1. The SMILES string of the molecule is C[C@@H](CN(C)c1ncc(C(F)(F)F)cc1Cl)c1nn[nH]n1. The molecule has 0 saturated heterocycles. The van der Waals surface area contributed by atoms with Gasteiger partial charge >= 0.3 is 6.18 Å². The summed E-state index contributed by atoms with van der Waals surface area (Å²) in [5.41, 5.74) is -0.879. The van der Waals surface area contributed by atoms with Crippen molar-refractivity contribution in [2.75, 3.05) is 18.5 Å². The third-order valence-corrected chi connectivity index (χ3v) is 3.14. The topological polar surface area (TPSA) is 70.6 Å². The number of H-pyrrole nitrogens is 1. The van der Waals surface area contributed by atoms with Crippen LogP contribution in [0.15, 0.2) is 12.3 Å². The minimum absolute atomic E-state index is 0.0624. The van der Waals surface area contributed by atoms with E-state index in [1.165, 1.54) is 0 Å². The first-order valence-corrected chi connectivity index (χ1v) is 6.34. The van der Waals surface area contributed by atoms with Crippen molar-refractivity contribution in [3.8, 4) is 0 Å². The number of hydrogen-bond donors (Lipinski definition) is 1. The fraction of sp³-hybridized carbons (Fsp3) is 0.455. The lowest BCUT2D eigenvalue weighted by atomic mass is 10.1. The Kier molecular flexibility index (Phi) is 4.31. The Balaban J connectivity index is 2.14. The molecule has 0 aromatic carbocycles. The lowest BCUT2D eigenvalue weighted by Gasteiger charge is -2.22. The van der Waals surface area contributed by atoms with Crippen molar-refractivity contribution in [1.29, 1.82) is 0 Å². The third kappa shape index (κ3) is 3.60. The Morgan fingerprint density at radius 1 is 1.43 bits per heavy atom. The number of hydrogen-bond acceptors (Lipinski definition) is 5. The number of alkyl halides is 3. The van der Waals surface area contributed by atoms with Gasteiger partial charge in [-0.2, -0.15) is 18.4 Å². The van der Waals surface area contributed by atoms with E-state index in [9.17, 15) is 13.2 Å². The molecular weight excluding hydrogens is 309 g/mol. The van der Waals surface area contributed by atoms with Crippen molar-refractivity contribution in [3.63, 3.8) is 0 Å². The summed E-state index contributed by atoms with van der Waals surface area (Å²) in [6.45, 7) is 2.29. The van der Waals surface area contributed by atoms with Crippen LogP contribution in [0, 0.1) is 0 Å². The van der Waals surface area contributed by atoms with E-state index in [0.29, 0.717) is 12.4 Å². The van der Waals surface area contributed by atoms with E-state index in [1.54, 1.807) is 11.9 Å². The highest BCUT2D eigenvalue weighted by Crippen LogP contribution is 2.33. The number of pyridine rings is 1. The van der Waals surface area contributed by atoms with E-state index in [2.05, 4.69) is 25.6 Å². The second-order valence-corrected chi connectivity index (χ2v) is 4.99. The Bertz CT molecular complexity index is 601. The predicted octanol–water partition coefficient (Wildman–Crippen LogP) is 2.51. The summed E-state index contributed by atoms with van der Waals surface area (Å²) in [5.74, 6) is 0.679. The largest absolute Gasteiger partial charge is 0.417 e. The van der Waals surface area contributed by atoms with Crippen molar-refractivity contribution in [2.45, 2.75) is 19.0 Å². The van der Waals surface area contributed by atoms with Gasteiger partial charge in [-0.1, -0.05) is 23.7 Å². The molecule has 114 valence electrons. The second kappa shape index (κ2) is 5.84. The van der Waals surface area contributed by atoms with Gasteiger partial charge in [0, 0.05) is 25.7 Å². The van der Waals surface area contributed by atoms with E-state index in [0.717, 1.165) is 12.3 Å². The summed E-state index contributed by atoms with van der Waals surface area (Å²) < 4.78 is 37.7. The van der Waals surface area contributed by atoms with E-state index in [-0.39, 0.29) is 16.8 Å². The number of nitrogens with one attached hydrogen (secondary N) is 1. The van der Waals surface area contributed by atoms with E-state index in [4.69, 9.17) is 11.6 Å². The summed E-state index contributed by atoms with van der Waals surface area (Å²) in [4.78, 5) is 5.43. The molecule has 0 aliphatic rings.